The molecule has 0 unspecified atom stereocenters. The molecule has 3 N–H and O–H groups in total. The second-order valence-electron chi connectivity index (χ2n) is 5.40. The summed E-state index contributed by atoms with van der Waals surface area (Å²) >= 11 is 0. The first kappa shape index (κ1) is 17.3. The van der Waals surface area contributed by atoms with Crippen LogP contribution in [0.4, 0.5) is 5.69 Å². The van der Waals surface area contributed by atoms with E-state index in [9.17, 15) is 9.90 Å². The number of ether oxygens (including phenoxy) is 1. The summed E-state index contributed by atoms with van der Waals surface area (Å²) in [6.07, 6.45) is 1.48. The van der Waals surface area contributed by atoms with Crippen LogP contribution in [0.15, 0.2) is 47.6 Å². The van der Waals surface area contributed by atoms with Gasteiger partial charge in [0, 0.05) is 5.69 Å². The number of carbonyl (C=O) groups excluding carboxylic acids is 1. The molecule has 6 nitrogen and oxygen atoms in total. The second-order valence-corrected chi connectivity index (χ2v) is 5.40. The van der Waals surface area contributed by atoms with Gasteiger partial charge in [0.15, 0.2) is 11.5 Å². The Morgan fingerprint density at radius 1 is 1.25 bits per heavy atom. The van der Waals surface area contributed by atoms with Crippen LogP contribution in [0.25, 0.3) is 0 Å². The van der Waals surface area contributed by atoms with Gasteiger partial charge in [-0.05, 0) is 49.7 Å². The Hall–Kier alpha value is -3.02. The number of aromatic hydroxyl groups is 1. The summed E-state index contributed by atoms with van der Waals surface area (Å²) in [7, 11) is 1.47. The van der Waals surface area contributed by atoms with Gasteiger partial charge in [0.25, 0.3) is 5.91 Å². The molecule has 6 heteroatoms. The first-order valence-corrected chi connectivity index (χ1v) is 7.52. The van der Waals surface area contributed by atoms with Gasteiger partial charge >= 0.3 is 0 Å². The lowest BCUT2D eigenvalue weighted by Gasteiger charge is -2.13. The van der Waals surface area contributed by atoms with Crippen molar-refractivity contribution in [1.29, 1.82) is 0 Å². The monoisotopic (exact) mass is 327 g/mol. The summed E-state index contributed by atoms with van der Waals surface area (Å²) in [5, 5.41) is 16.6. The first-order chi connectivity index (χ1) is 11.5. The zero-order valence-electron chi connectivity index (χ0n) is 13.9. The van der Waals surface area contributed by atoms with E-state index in [-0.39, 0.29) is 11.7 Å². The molecule has 1 atom stereocenters. The average molecular weight is 327 g/mol. The Kier molecular flexibility index (Phi) is 5.78. The van der Waals surface area contributed by atoms with Crippen LogP contribution < -0.4 is 15.5 Å². The summed E-state index contributed by atoms with van der Waals surface area (Å²) in [5.74, 6) is 0.145. The van der Waals surface area contributed by atoms with E-state index in [0.717, 1.165) is 11.3 Å². The largest absolute Gasteiger partial charge is 0.504 e. The molecular formula is C18H21N3O3. The highest BCUT2D eigenvalue weighted by Gasteiger charge is 2.11. The van der Waals surface area contributed by atoms with Crippen molar-refractivity contribution >= 4 is 17.8 Å². The van der Waals surface area contributed by atoms with E-state index in [1.807, 2.05) is 31.2 Å². The number of nitrogens with one attached hydrogen (secondary N) is 2. The minimum absolute atomic E-state index is 0.0506. The quantitative estimate of drug-likeness (QED) is 0.563. The summed E-state index contributed by atoms with van der Waals surface area (Å²) < 4.78 is 5.02. The van der Waals surface area contributed by atoms with Crippen LogP contribution in [-0.4, -0.2) is 30.4 Å². The third kappa shape index (κ3) is 4.74. The van der Waals surface area contributed by atoms with Crippen molar-refractivity contribution in [3.8, 4) is 11.5 Å². The molecule has 0 aliphatic heterocycles. The van der Waals surface area contributed by atoms with Crippen molar-refractivity contribution in [2.45, 2.75) is 19.9 Å². The lowest BCUT2D eigenvalue weighted by atomic mass is 10.2. The molecule has 0 aliphatic carbocycles. The van der Waals surface area contributed by atoms with Crippen LogP contribution in [0.2, 0.25) is 0 Å². The normalized spacial score (nSPS) is 12.0. The van der Waals surface area contributed by atoms with Gasteiger partial charge in [0.1, 0.15) is 6.04 Å². The molecule has 0 spiro atoms. The maximum atomic E-state index is 12.0. The third-order valence-corrected chi connectivity index (χ3v) is 3.42. The van der Waals surface area contributed by atoms with Crippen LogP contribution in [0, 0.1) is 6.92 Å². The highest BCUT2D eigenvalue weighted by atomic mass is 16.5. The highest BCUT2D eigenvalue weighted by molar-refractivity contribution is 5.86. The van der Waals surface area contributed by atoms with Crippen molar-refractivity contribution in [2.24, 2.45) is 5.10 Å². The van der Waals surface area contributed by atoms with Crippen LogP contribution in [0.1, 0.15) is 18.1 Å². The van der Waals surface area contributed by atoms with Gasteiger partial charge in [-0.3, -0.25) is 4.79 Å². The van der Waals surface area contributed by atoms with Crippen LogP contribution in [-0.2, 0) is 4.79 Å². The molecule has 24 heavy (non-hydrogen) atoms. The number of rotatable bonds is 6. The Labute approximate surface area is 141 Å². The van der Waals surface area contributed by atoms with Crippen LogP contribution >= 0.6 is 0 Å². The highest BCUT2D eigenvalue weighted by Crippen LogP contribution is 2.25. The van der Waals surface area contributed by atoms with Crippen molar-refractivity contribution in [1.82, 2.24) is 5.43 Å². The van der Waals surface area contributed by atoms with Crippen LogP contribution in [0.5, 0.6) is 11.5 Å². The zero-order valence-corrected chi connectivity index (χ0v) is 13.9. The maximum absolute atomic E-state index is 12.0. The van der Waals surface area contributed by atoms with Gasteiger partial charge in [0.2, 0.25) is 0 Å². The Balaban J connectivity index is 1.90. The number of phenols is 1. The molecule has 2 aromatic rings. The molecule has 2 aromatic carbocycles. The number of benzene rings is 2. The molecule has 1 amide bonds. The molecule has 0 saturated carbocycles. The van der Waals surface area contributed by atoms with Crippen molar-refractivity contribution in [2.75, 3.05) is 12.4 Å². The van der Waals surface area contributed by atoms with Gasteiger partial charge in [-0.2, -0.15) is 5.10 Å². The maximum Gasteiger partial charge on any atom is 0.262 e. The molecule has 2 rings (SSSR count). The molecule has 0 fully saturated rings. The Bertz CT molecular complexity index is 727. The lowest BCUT2D eigenvalue weighted by Crippen LogP contribution is -2.34. The lowest BCUT2D eigenvalue weighted by molar-refractivity contribution is -0.121. The molecule has 0 heterocycles. The number of phenolic OH excluding ortho intramolecular Hbond substituents is 1. The van der Waals surface area contributed by atoms with Crippen molar-refractivity contribution in [3.05, 3.63) is 53.6 Å². The summed E-state index contributed by atoms with van der Waals surface area (Å²) in [6.45, 7) is 3.77. The van der Waals surface area contributed by atoms with Crippen molar-refractivity contribution in [3.63, 3.8) is 0 Å². The van der Waals surface area contributed by atoms with Gasteiger partial charge in [0.05, 0.1) is 13.3 Å². The smallest absolute Gasteiger partial charge is 0.262 e. The number of carbonyl (C=O) groups is 1. The van der Waals surface area contributed by atoms with E-state index in [1.165, 1.54) is 19.4 Å². The SMILES string of the molecule is COc1cc(/C=N\NC(=O)[C@H](C)Nc2ccc(C)cc2)ccc1O. The van der Waals surface area contributed by atoms with E-state index < -0.39 is 6.04 Å². The summed E-state index contributed by atoms with van der Waals surface area (Å²) in [5.41, 5.74) is 5.21. The van der Waals surface area contributed by atoms with E-state index in [4.69, 9.17) is 4.74 Å². The number of aryl methyl sites for hydroxylation is 1. The van der Waals surface area contributed by atoms with Gasteiger partial charge < -0.3 is 15.2 Å². The number of hydrazone groups is 1. The zero-order chi connectivity index (χ0) is 17.5. The molecule has 0 radical (unpaired) electrons. The minimum Gasteiger partial charge on any atom is -0.504 e. The predicted molar refractivity (Wildman–Crippen MR) is 94.7 cm³/mol. The van der Waals surface area contributed by atoms with E-state index in [2.05, 4.69) is 15.8 Å². The number of hydrogen-bond donors (Lipinski definition) is 3. The minimum atomic E-state index is -0.431. The topological polar surface area (TPSA) is 83.0 Å². The molecule has 0 aromatic heterocycles. The van der Waals surface area contributed by atoms with E-state index in [0.29, 0.717) is 11.3 Å². The number of amides is 1. The molecule has 0 bridgehead atoms. The fraction of sp³-hybridized carbons (Fsp3) is 0.222. The van der Waals surface area contributed by atoms with Crippen molar-refractivity contribution < 1.29 is 14.6 Å². The second kappa shape index (κ2) is 8.01. The molecule has 0 aliphatic rings. The fourth-order valence-corrected chi connectivity index (χ4v) is 2.01. The number of methoxy groups -OCH3 is 1. The van der Waals surface area contributed by atoms with E-state index >= 15 is 0 Å². The van der Waals surface area contributed by atoms with E-state index in [1.54, 1.807) is 19.1 Å². The number of anilines is 1. The van der Waals surface area contributed by atoms with Gasteiger partial charge in [-0.15, -0.1) is 0 Å². The Morgan fingerprint density at radius 3 is 2.62 bits per heavy atom. The summed E-state index contributed by atoms with van der Waals surface area (Å²) in [6, 6.07) is 12.2. The molecular weight excluding hydrogens is 306 g/mol. The third-order valence-electron chi connectivity index (χ3n) is 3.42. The van der Waals surface area contributed by atoms with Gasteiger partial charge in [-0.25, -0.2) is 5.43 Å². The molecule has 0 saturated heterocycles. The fourth-order valence-electron chi connectivity index (χ4n) is 2.01. The predicted octanol–water partition coefficient (Wildman–Crippen LogP) is 2.66. The summed E-state index contributed by atoms with van der Waals surface area (Å²) in [4.78, 5) is 12.0. The Morgan fingerprint density at radius 2 is 1.96 bits per heavy atom. The average Bonchev–Trinajstić information content (AvgIpc) is 2.58. The first-order valence-electron chi connectivity index (χ1n) is 7.52. The molecule has 126 valence electrons. The standard InChI is InChI=1S/C18H21N3O3/c1-12-4-7-15(8-5-12)20-13(2)18(23)21-19-11-14-6-9-16(22)17(10-14)24-3/h4-11,13,20,22H,1-3H3,(H,21,23)/b19-11-/t13-/m0/s1. The number of nitrogens with zero attached hydrogens (tertiary/aromatic N) is 1. The van der Waals surface area contributed by atoms with Crippen LogP contribution in [0.3, 0.4) is 0 Å². The number of hydrogen-bond acceptors (Lipinski definition) is 5. The van der Waals surface area contributed by atoms with Gasteiger partial charge in [-0.1, -0.05) is 17.7 Å².